The molecule has 1 N–H and O–H groups in total. The highest BCUT2D eigenvalue weighted by Gasteiger charge is 2.21. The molecule has 118 valence electrons. The summed E-state index contributed by atoms with van der Waals surface area (Å²) in [5, 5.41) is 3.49. The third-order valence-corrected chi connectivity index (χ3v) is 3.63. The number of rotatable bonds is 8. The molecule has 2 rings (SSSR count). The molecular weight excluding hydrogens is 270 g/mol. The lowest BCUT2D eigenvalue weighted by Gasteiger charge is -2.24. The molecule has 0 amide bonds. The van der Waals surface area contributed by atoms with Crippen LogP contribution in [0.3, 0.4) is 0 Å². The lowest BCUT2D eigenvalue weighted by molar-refractivity contribution is 0.150. The lowest BCUT2D eigenvalue weighted by atomic mass is 9.89. The minimum Gasteiger partial charge on any atom is -0.493 e. The summed E-state index contributed by atoms with van der Waals surface area (Å²) in [5.41, 5.74) is 1.33. The van der Waals surface area contributed by atoms with E-state index in [9.17, 15) is 0 Å². The van der Waals surface area contributed by atoms with Crippen molar-refractivity contribution in [3.05, 3.63) is 17.7 Å². The van der Waals surface area contributed by atoms with E-state index in [1.807, 2.05) is 12.1 Å². The summed E-state index contributed by atoms with van der Waals surface area (Å²) < 4.78 is 21.3. The van der Waals surface area contributed by atoms with Crippen LogP contribution in [0, 0.1) is 5.41 Å². The summed E-state index contributed by atoms with van der Waals surface area (Å²) in [6.07, 6.45) is 1.03. The van der Waals surface area contributed by atoms with E-state index >= 15 is 0 Å². The molecule has 1 aromatic rings. The van der Waals surface area contributed by atoms with Crippen LogP contribution in [0.1, 0.15) is 25.8 Å². The van der Waals surface area contributed by atoms with Crippen molar-refractivity contribution in [3.63, 3.8) is 0 Å². The average Bonchev–Trinajstić information content (AvgIpc) is 2.92. The molecule has 21 heavy (non-hydrogen) atoms. The van der Waals surface area contributed by atoms with E-state index in [1.165, 1.54) is 0 Å². The quantitative estimate of drug-likeness (QED) is 0.799. The zero-order valence-electron chi connectivity index (χ0n) is 13.3. The standard InChI is InChI=1S/C16H25NO4/c1-16(2,5-6-18-3)10-17-9-12-7-13(19-4)15-14(8-12)20-11-21-15/h7-8,17H,5-6,9-11H2,1-4H3. The van der Waals surface area contributed by atoms with E-state index in [4.69, 9.17) is 18.9 Å². The van der Waals surface area contributed by atoms with Crippen LogP contribution in [-0.2, 0) is 11.3 Å². The minimum absolute atomic E-state index is 0.205. The van der Waals surface area contributed by atoms with Crippen LogP contribution in [-0.4, -0.2) is 34.2 Å². The summed E-state index contributed by atoms with van der Waals surface area (Å²) in [4.78, 5) is 0. The van der Waals surface area contributed by atoms with Gasteiger partial charge in [-0.2, -0.15) is 0 Å². The summed E-state index contributed by atoms with van der Waals surface area (Å²) in [6.45, 7) is 7.20. The molecule has 1 aliphatic rings. The molecule has 5 nitrogen and oxygen atoms in total. The average molecular weight is 295 g/mol. The molecule has 1 heterocycles. The molecule has 0 unspecified atom stereocenters. The van der Waals surface area contributed by atoms with Gasteiger partial charge in [0.05, 0.1) is 7.11 Å². The Labute approximate surface area is 126 Å². The van der Waals surface area contributed by atoms with Gasteiger partial charge in [-0.1, -0.05) is 13.8 Å². The molecule has 0 aliphatic carbocycles. The van der Waals surface area contributed by atoms with Crippen molar-refractivity contribution in [1.29, 1.82) is 0 Å². The minimum atomic E-state index is 0.205. The normalized spacial score (nSPS) is 13.5. The van der Waals surface area contributed by atoms with Crippen LogP contribution >= 0.6 is 0 Å². The Morgan fingerprint density at radius 3 is 2.76 bits per heavy atom. The molecule has 0 atom stereocenters. The van der Waals surface area contributed by atoms with Gasteiger partial charge in [-0.15, -0.1) is 0 Å². The second kappa shape index (κ2) is 7.00. The fourth-order valence-electron chi connectivity index (χ4n) is 2.30. The number of methoxy groups -OCH3 is 2. The molecule has 0 fully saturated rings. The van der Waals surface area contributed by atoms with Gasteiger partial charge in [0.15, 0.2) is 11.5 Å². The lowest BCUT2D eigenvalue weighted by Crippen LogP contribution is -2.30. The number of fused-ring (bicyclic) bond motifs is 1. The fraction of sp³-hybridized carbons (Fsp3) is 0.625. The molecule has 0 aromatic heterocycles. The summed E-state index contributed by atoms with van der Waals surface area (Å²) in [7, 11) is 3.38. The van der Waals surface area contributed by atoms with Crippen LogP contribution < -0.4 is 19.5 Å². The highest BCUT2D eigenvalue weighted by atomic mass is 16.7. The van der Waals surface area contributed by atoms with E-state index in [0.717, 1.165) is 43.2 Å². The predicted octanol–water partition coefficient (Wildman–Crippen LogP) is 2.58. The Hall–Kier alpha value is -1.46. The fourth-order valence-corrected chi connectivity index (χ4v) is 2.30. The zero-order chi connectivity index (χ0) is 15.3. The highest BCUT2D eigenvalue weighted by molar-refractivity contribution is 5.55. The number of hydrogen-bond acceptors (Lipinski definition) is 5. The molecule has 1 aliphatic heterocycles. The van der Waals surface area contributed by atoms with Crippen molar-refractivity contribution in [3.8, 4) is 17.2 Å². The number of benzene rings is 1. The monoisotopic (exact) mass is 295 g/mol. The molecule has 1 aromatic carbocycles. The maximum atomic E-state index is 5.44. The molecule has 0 bridgehead atoms. The predicted molar refractivity (Wildman–Crippen MR) is 81.1 cm³/mol. The van der Waals surface area contributed by atoms with Gasteiger partial charge in [0, 0.05) is 26.8 Å². The highest BCUT2D eigenvalue weighted by Crippen LogP contribution is 2.41. The molecular formula is C16H25NO4. The Kier molecular flexibility index (Phi) is 5.31. The Balaban J connectivity index is 1.92. The van der Waals surface area contributed by atoms with Crippen molar-refractivity contribution in [2.75, 3.05) is 34.2 Å². The molecule has 0 saturated heterocycles. The first kappa shape index (κ1) is 15.9. The van der Waals surface area contributed by atoms with Crippen molar-refractivity contribution < 1.29 is 18.9 Å². The van der Waals surface area contributed by atoms with Gasteiger partial charge >= 0.3 is 0 Å². The molecule has 0 spiro atoms. The molecule has 0 saturated carbocycles. The van der Waals surface area contributed by atoms with Crippen molar-refractivity contribution in [1.82, 2.24) is 5.32 Å². The van der Waals surface area contributed by atoms with Crippen LogP contribution in [0.4, 0.5) is 0 Å². The van der Waals surface area contributed by atoms with Gasteiger partial charge in [-0.3, -0.25) is 0 Å². The Morgan fingerprint density at radius 1 is 1.24 bits per heavy atom. The van der Waals surface area contributed by atoms with Crippen LogP contribution in [0.15, 0.2) is 12.1 Å². The topological polar surface area (TPSA) is 49.0 Å². The maximum Gasteiger partial charge on any atom is 0.231 e. The number of ether oxygens (including phenoxy) is 4. The first-order valence-corrected chi connectivity index (χ1v) is 7.22. The van der Waals surface area contributed by atoms with E-state index < -0.39 is 0 Å². The second-order valence-corrected chi connectivity index (χ2v) is 6.04. The van der Waals surface area contributed by atoms with Crippen molar-refractivity contribution in [2.24, 2.45) is 5.41 Å². The third-order valence-electron chi connectivity index (χ3n) is 3.63. The summed E-state index contributed by atoms with van der Waals surface area (Å²) in [5.74, 6) is 2.17. The third kappa shape index (κ3) is 4.25. The maximum absolute atomic E-state index is 5.44. The van der Waals surface area contributed by atoms with Crippen molar-refractivity contribution in [2.45, 2.75) is 26.8 Å². The van der Waals surface area contributed by atoms with Gasteiger partial charge in [0.25, 0.3) is 0 Å². The number of nitrogens with one attached hydrogen (secondary N) is 1. The van der Waals surface area contributed by atoms with Gasteiger partial charge in [0.2, 0.25) is 12.5 Å². The summed E-state index contributed by atoms with van der Waals surface area (Å²) in [6, 6.07) is 3.99. The first-order chi connectivity index (χ1) is 10.1. The van der Waals surface area contributed by atoms with Gasteiger partial charge in [-0.05, 0) is 29.5 Å². The molecule has 0 radical (unpaired) electrons. The van der Waals surface area contributed by atoms with E-state index in [-0.39, 0.29) is 12.2 Å². The number of hydrogen-bond donors (Lipinski definition) is 1. The van der Waals surface area contributed by atoms with E-state index in [0.29, 0.717) is 5.75 Å². The largest absolute Gasteiger partial charge is 0.493 e. The zero-order valence-corrected chi connectivity index (χ0v) is 13.3. The van der Waals surface area contributed by atoms with E-state index in [2.05, 4.69) is 19.2 Å². The van der Waals surface area contributed by atoms with Crippen molar-refractivity contribution >= 4 is 0 Å². The SMILES string of the molecule is COCCC(C)(C)CNCc1cc(OC)c2c(c1)OCO2. The molecule has 5 heteroatoms. The second-order valence-electron chi connectivity index (χ2n) is 6.04. The van der Waals surface area contributed by atoms with Crippen LogP contribution in [0.2, 0.25) is 0 Å². The van der Waals surface area contributed by atoms with Gasteiger partial charge in [0.1, 0.15) is 0 Å². The van der Waals surface area contributed by atoms with Gasteiger partial charge < -0.3 is 24.3 Å². The smallest absolute Gasteiger partial charge is 0.231 e. The first-order valence-electron chi connectivity index (χ1n) is 7.22. The van der Waals surface area contributed by atoms with E-state index in [1.54, 1.807) is 14.2 Å². The summed E-state index contributed by atoms with van der Waals surface area (Å²) >= 11 is 0. The van der Waals surface area contributed by atoms with Crippen LogP contribution in [0.5, 0.6) is 17.2 Å². The Morgan fingerprint density at radius 2 is 2.05 bits per heavy atom. The Bertz CT molecular complexity index is 474. The van der Waals surface area contributed by atoms with Gasteiger partial charge in [-0.25, -0.2) is 0 Å². The van der Waals surface area contributed by atoms with Crippen LogP contribution in [0.25, 0.3) is 0 Å².